The highest BCUT2D eigenvalue weighted by molar-refractivity contribution is 5.09. The maximum absolute atomic E-state index is 5.70. The molecule has 2 saturated heterocycles. The minimum absolute atomic E-state index is 0.420. The van der Waals surface area contributed by atoms with Crippen LogP contribution in [0.4, 0.5) is 0 Å². The molecule has 94 valence electrons. The first-order valence-electron chi connectivity index (χ1n) is 5.93. The molecule has 0 amide bonds. The van der Waals surface area contributed by atoms with E-state index in [1.807, 2.05) is 5.06 Å². The van der Waals surface area contributed by atoms with Crippen LogP contribution < -0.4 is 10.1 Å². The van der Waals surface area contributed by atoms with Gasteiger partial charge < -0.3 is 14.6 Å². The Kier molecular flexibility index (Phi) is 3.00. The normalized spacial score (nSPS) is 28.5. The molecule has 2 unspecified atom stereocenters. The molecule has 0 bridgehead atoms. The summed E-state index contributed by atoms with van der Waals surface area (Å²) < 4.78 is 10.0. The van der Waals surface area contributed by atoms with Crippen LogP contribution in [0.15, 0.2) is 10.6 Å². The van der Waals surface area contributed by atoms with Crippen LogP contribution in [0.2, 0.25) is 0 Å². The lowest BCUT2D eigenvalue weighted by molar-refractivity contribution is -0.162. The fourth-order valence-corrected chi connectivity index (χ4v) is 2.53. The second-order valence-corrected chi connectivity index (χ2v) is 4.63. The Morgan fingerprint density at radius 1 is 1.47 bits per heavy atom. The molecule has 0 radical (unpaired) electrons. The number of aromatic nitrogens is 1. The average molecular weight is 239 g/mol. The van der Waals surface area contributed by atoms with Crippen molar-refractivity contribution < 1.29 is 14.1 Å². The molecule has 6 nitrogen and oxygen atoms in total. The van der Waals surface area contributed by atoms with E-state index in [1.165, 1.54) is 0 Å². The van der Waals surface area contributed by atoms with Gasteiger partial charge in [0.1, 0.15) is 6.61 Å². The second-order valence-electron chi connectivity index (χ2n) is 4.63. The number of hydrogen-bond donors (Lipinski definition) is 1. The van der Waals surface area contributed by atoms with Gasteiger partial charge >= 0.3 is 0 Å². The third-order valence-corrected chi connectivity index (χ3v) is 3.49. The second kappa shape index (κ2) is 4.64. The van der Waals surface area contributed by atoms with Crippen molar-refractivity contribution in [3.05, 3.63) is 11.8 Å². The molecule has 1 aromatic rings. The van der Waals surface area contributed by atoms with Crippen molar-refractivity contribution in [2.75, 3.05) is 33.3 Å². The van der Waals surface area contributed by atoms with E-state index in [-0.39, 0.29) is 0 Å². The summed E-state index contributed by atoms with van der Waals surface area (Å²) in [7, 11) is 1.57. The quantitative estimate of drug-likeness (QED) is 0.813. The maximum atomic E-state index is 5.70. The van der Waals surface area contributed by atoms with Crippen molar-refractivity contribution in [1.29, 1.82) is 0 Å². The third-order valence-electron chi connectivity index (χ3n) is 3.49. The van der Waals surface area contributed by atoms with Crippen LogP contribution in [-0.4, -0.2) is 43.5 Å². The van der Waals surface area contributed by atoms with E-state index in [1.54, 1.807) is 13.2 Å². The van der Waals surface area contributed by atoms with Crippen molar-refractivity contribution >= 4 is 0 Å². The summed E-state index contributed by atoms with van der Waals surface area (Å²) in [6, 6.07) is 1.75. The van der Waals surface area contributed by atoms with Gasteiger partial charge in [0.25, 0.3) is 5.88 Å². The highest BCUT2D eigenvalue weighted by Crippen LogP contribution is 2.26. The van der Waals surface area contributed by atoms with Gasteiger partial charge in [0, 0.05) is 19.2 Å². The predicted molar refractivity (Wildman–Crippen MR) is 59.3 cm³/mol. The number of nitrogens with one attached hydrogen (secondary N) is 1. The Morgan fingerprint density at radius 2 is 2.24 bits per heavy atom. The zero-order valence-corrected chi connectivity index (χ0v) is 9.89. The van der Waals surface area contributed by atoms with Crippen molar-refractivity contribution in [1.82, 2.24) is 15.5 Å². The molecule has 2 fully saturated rings. The van der Waals surface area contributed by atoms with E-state index in [9.17, 15) is 0 Å². The van der Waals surface area contributed by atoms with Gasteiger partial charge in [-0.15, -0.1) is 0 Å². The predicted octanol–water partition coefficient (Wildman–Crippen LogP) is 0.266. The summed E-state index contributed by atoms with van der Waals surface area (Å²) in [5.41, 5.74) is 0. The van der Waals surface area contributed by atoms with E-state index >= 15 is 0 Å². The molecule has 17 heavy (non-hydrogen) atoms. The molecule has 6 heteroatoms. The van der Waals surface area contributed by atoms with Gasteiger partial charge in [-0.1, -0.05) is 0 Å². The Morgan fingerprint density at radius 3 is 2.88 bits per heavy atom. The van der Waals surface area contributed by atoms with Gasteiger partial charge in [0.05, 0.1) is 7.11 Å². The lowest BCUT2D eigenvalue weighted by Crippen LogP contribution is -2.25. The van der Waals surface area contributed by atoms with Crippen LogP contribution in [0, 0.1) is 11.8 Å². The van der Waals surface area contributed by atoms with Gasteiger partial charge in [-0.25, -0.2) is 0 Å². The monoisotopic (exact) mass is 239 g/mol. The fraction of sp³-hybridized carbons (Fsp3) is 0.727. The highest BCUT2D eigenvalue weighted by Gasteiger charge is 2.36. The Labute approximate surface area is 99.8 Å². The summed E-state index contributed by atoms with van der Waals surface area (Å²) in [5, 5.41) is 9.17. The topological polar surface area (TPSA) is 59.8 Å². The van der Waals surface area contributed by atoms with E-state index in [0.29, 0.717) is 18.2 Å². The first-order chi connectivity index (χ1) is 8.35. The van der Waals surface area contributed by atoms with Crippen LogP contribution in [-0.2, 0) is 11.4 Å². The molecular weight excluding hydrogens is 222 g/mol. The molecule has 1 N–H and O–H groups in total. The van der Waals surface area contributed by atoms with Crippen molar-refractivity contribution in [3.8, 4) is 5.88 Å². The van der Waals surface area contributed by atoms with Crippen molar-refractivity contribution in [3.63, 3.8) is 0 Å². The van der Waals surface area contributed by atoms with Crippen LogP contribution in [0.25, 0.3) is 0 Å². The van der Waals surface area contributed by atoms with Crippen LogP contribution in [0.1, 0.15) is 5.76 Å². The van der Waals surface area contributed by atoms with Gasteiger partial charge in [-0.05, 0) is 30.1 Å². The van der Waals surface area contributed by atoms with Gasteiger partial charge in [-0.2, -0.15) is 5.06 Å². The first kappa shape index (κ1) is 11.0. The Balaban J connectivity index is 1.48. The number of rotatable bonds is 4. The summed E-state index contributed by atoms with van der Waals surface area (Å²) in [6.45, 7) is 4.65. The SMILES string of the molecule is COc1cc(CON2CC3CNCC3C2)on1. The Hall–Kier alpha value is -1.11. The van der Waals surface area contributed by atoms with Crippen LogP contribution >= 0.6 is 0 Å². The number of nitrogens with zero attached hydrogens (tertiary/aromatic N) is 2. The van der Waals surface area contributed by atoms with Crippen LogP contribution in [0.3, 0.4) is 0 Å². The molecular formula is C11H17N3O3. The number of ether oxygens (including phenoxy) is 1. The van der Waals surface area contributed by atoms with Crippen LogP contribution in [0.5, 0.6) is 5.88 Å². The molecule has 0 aromatic carbocycles. The van der Waals surface area contributed by atoms with Crippen molar-refractivity contribution in [2.45, 2.75) is 6.61 Å². The molecule has 0 aliphatic carbocycles. The Bertz CT molecular complexity index is 370. The minimum atomic E-state index is 0.420. The molecule has 2 atom stereocenters. The highest BCUT2D eigenvalue weighted by atomic mass is 16.7. The van der Waals surface area contributed by atoms with E-state index in [2.05, 4.69) is 10.5 Å². The summed E-state index contributed by atoms with van der Waals surface area (Å²) in [4.78, 5) is 5.70. The number of hydrogen-bond acceptors (Lipinski definition) is 6. The molecule has 1 aromatic heterocycles. The zero-order valence-electron chi connectivity index (χ0n) is 9.89. The molecule has 0 saturated carbocycles. The third kappa shape index (κ3) is 2.29. The zero-order chi connectivity index (χ0) is 11.7. The minimum Gasteiger partial charge on any atom is -0.479 e. The number of methoxy groups -OCH3 is 1. The van der Waals surface area contributed by atoms with Gasteiger partial charge in [0.15, 0.2) is 5.76 Å². The van der Waals surface area contributed by atoms with Gasteiger partial charge in [0.2, 0.25) is 0 Å². The smallest absolute Gasteiger partial charge is 0.254 e. The molecule has 2 aliphatic rings. The van der Waals surface area contributed by atoms with E-state index < -0.39 is 0 Å². The molecule has 3 rings (SSSR count). The molecule has 2 aliphatic heterocycles. The van der Waals surface area contributed by atoms with E-state index in [4.69, 9.17) is 14.1 Å². The summed E-state index contributed by atoms with van der Waals surface area (Å²) in [6.07, 6.45) is 0. The summed E-state index contributed by atoms with van der Waals surface area (Å²) in [5.74, 6) is 2.65. The number of fused-ring (bicyclic) bond motifs is 1. The largest absolute Gasteiger partial charge is 0.479 e. The maximum Gasteiger partial charge on any atom is 0.254 e. The van der Waals surface area contributed by atoms with Gasteiger partial charge in [-0.3, -0.25) is 4.84 Å². The fourth-order valence-electron chi connectivity index (χ4n) is 2.53. The van der Waals surface area contributed by atoms with Crippen molar-refractivity contribution in [2.24, 2.45) is 11.8 Å². The lowest BCUT2D eigenvalue weighted by atomic mass is 10.0. The standard InChI is InChI=1S/C11H17N3O3/c1-15-11-2-10(17-13-11)7-16-14-5-8-3-12-4-9(8)6-14/h2,8-9,12H,3-7H2,1H3. The number of hydroxylamine groups is 2. The average Bonchev–Trinajstić information content (AvgIpc) is 3.01. The lowest BCUT2D eigenvalue weighted by Gasteiger charge is -2.15. The molecule has 0 spiro atoms. The molecule has 3 heterocycles. The van der Waals surface area contributed by atoms with E-state index in [0.717, 1.165) is 38.0 Å². The summed E-state index contributed by atoms with van der Waals surface area (Å²) >= 11 is 0. The first-order valence-corrected chi connectivity index (χ1v) is 5.93.